The highest BCUT2D eigenvalue weighted by atomic mass is 32.2. The van der Waals surface area contributed by atoms with Gasteiger partial charge in [0.15, 0.2) is 11.5 Å². The molecule has 2 aromatic heterocycles. The number of thioether (sulfide) groups is 1. The number of aromatic nitrogens is 1. The zero-order valence-electron chi connectivity index (χ0n) is 14.2. The SMILES string of the molecule is Cc1ccc2[nH]c(O)c(N=NC3=NC(=O)C(CC(=O)c4cccs4)S3)c2c1. The van der Waals surface area contributed by atoms with Crippen molar-refractivity contribution in [2.24, 2.45) is 15.2 Å². The first-order valence-electron chi connectivity index (χ1n) is 8.10. The Hall–Kier alpha value is -2.78. The van der Waals surface area contributed by atoms with Gasteiger partial charge in [0.1, 0.15) is 5.25 Å². The van der Waals surface area contributed by atoms with E-state index in [1.807, 2.05) is 30.5 Å². The molecule has 1 aromatic carbocycles. The zero-order valence-corrected chi connectivity index (χ0v) is 15.8. The molecular weight excluding hydrogens is 384 g/mol. The molecule has 7 nitrogen and oxygen atoms in total. The van der Waals surface area contributed by atoms with Gasteiger partial charge in [-0.2, -0.15) is 4.99 Å². The highest BCUT2D eigenvalue weighted by Gasteiger charge is 2.31. The lowest BCUT2D eigenvalue weighted by Gasteiger charge is -2.03. The van der Waals surface area contributed by atoms with E-state index in [0.717, 1.165) is 28.2 Å². The fourth-order valence-corrected chi connectivity index (χ4v) is 4.27. The number of benzene rings is 1. The van der Waals surface area contributed by atoms with Crippen LogP contribution in [-0.4, -0.2) is 32.2 Å². The number of aromatic amines is 1. The van der Waals surface area contributed by atoms with Crippen LogP contribution < -0.4 is 0 Å². The van der Waals surface area contributed by atoms with Gasteiger partial charge in [-0.1, -0.05) is 29.5 Å². The summed E-state index contributed by atoms with van der Waals surface area (Å²) in [5.74, 6) is -0.578. The van der Waals surface area contributed by atoms with Gasteiger partial charge in [0.2, 0.25) is 11.0 Å². The number of aliphatic imine (C=N–C) groups is 1. The van der Waals surface area contributed by atoms with Crippen LogP contribution in [0.15, 0.2) is 50.9 Å². The minimum absolute atomic E-state index is 0.0735. The molecule has 0 radical (unpaired) electrons. The molecule has 1 unspecified atom stereocenters. The van der Waals surface area contributed by atoms with Crippen LogP contribution in [0, 0.1) is 6.92 Å². The fraction of sp³-hybridized carbons (Fsp3) is 0.167. The van der Waals surface area contributed by atoms with Gasteiger partial charge in [-0.15, -0.1) is 21.6 Å². The maximum Gasteiger partial charge on any atom is 0.262 e. The minimum Gasteiger partial charge on any atom is -0.493 e. The van der Waals surface area contributed by atoms with Gasteiger partial charge in [0, 0.05) is 11.8 Å². The number of fused-ring (bicyclic) bond motifs is 1. The molecule has 1 aliphatic heterocycles. The summed E-state index contributed by atoms with van der Waals surface area (Å²) in [6.07, 6.45) is 0.0735. The number of nitrogens with zero attached hydrogens (tertiary/aromatic N) is 3. The normalized spacial score (nSPS) is 17.1. The number of ketones is 1. The van der Waals surface area contributed by atoms with Crippen molar-refractivity contribution < 1.29 is 14.7 Å². The molecule has 9 heteroatoms. The van der Waals surface area contributed by atoms with E-state index < -0.39 is 11.2 Å². The van der Waals surface area contributed by atoms with Crippen LogP contribution in [0.5, 0.6) is 5.88 Å². The fourth-order valence-electron chi connectivity index (χ4n) is 2.72. The van der Waals surface area contributed by atoms with E-state index in [2.05, 4.69) is 20.2 Å². The molecule has 0 spiro atoms. The third-order valence-electron chi connectivity index (χ3n) is 4.04. The lowest BCUT2D eigenvalue weighted by atomic mass is 10.2. The van der Waals surface area contributed by atoms with Crippen molar-refractivity contribution in [3.63, 3.8) is 0 Å². The third-order valence-corrected chi connectivity index (χ3v) is 5.99. The molecule has 2 N–H and O–H groups in total. The Morgan fingerprint density at radius 3 is 2.96 bits per heavy atom. The second kappa shape index (κ2) is 7.09. The Bertz CT molecular complexity index is 1100. The number of azo groups is 1. The summed E-state index contributed by atoms with van der Waals surface area (Å²) in [4.78, 5) is 31.6. The van der Waals surface area contributed by atoms with E-state index in [9.17, 15) is 14.7 Å². The lowest BCUT2D eigenvalue weighted by molar-refractivity contribution is -0.117. The number of carbonyl (C=O) groups is 2. The number of thiophene rings is 1. The molecule has 0 saturated heterocycles. The number of Topliss-reactive ketones (excluding diaryl/α,β-unsaturated/α-hetero) is 1. The van der Waals surface area contributed by atoms with E-state index in [-0.39, 0.29) is 23.3 Å². The molecule has 0 aliphatic carbocycles. The first-order valence-corrected chi connectivity index (χ1v) is 9.86. The summed E-state index contributed by atoms with van der Waals surface area (Å²) in [5.41, 5.74) is 2.05. The van der Waals surface area contributed by atoms with Gasteiger partial charge >= 0.3 is 0 Å². The Labute approximate surface area is 162 Å². The highest BCUT2D eigenvalue weighted by Crippen LogP contribution is 2.37. The predicted octanol–water partition coefficient (Wildman–Crippen LogP) is 4.60. The van der Waals surface area contributed by atoms with Crippen molar-refractivity contribution in [2.75, 3.05) is 0 Å². The topological polar surface area (TPSA) is 107 Å². The van der Waals surface area contributed by atoms with Gasteiger partial charge < -0.3 is 10.1 Å². The van der Waals surface area contributed by atoms with Crippen LogP contribution in [0.4, 0.5) is 5.69 Å². The summed E-state index contributed by atoms with van der Waals surface area (Å²) < 4.78 is 0. The average molecular weight is 398 g/mol. The van der Waals surface area contributed by atoms with Crippen LogP contribution in [0.3, 0.4) is 0 Å². The van der Waals surface area contributed by atoms with Crippen LogP contribution in [-0.2, 0) is 4.79 Å². The molecule has 0 fully saturated rings. The number of rotatable bonds is 4. The number of aromatic hydroxyl groups is 1. The molecule has 136 valence electrons. The van der Waals surface area contributed by atoms with Crippen molar-refractivity contribution >= 4 is 56.5 Å². The smallest absolute Gasteiger partial charge is 0.262 e. The molecule has 0 bridgehead atoms. The maximum atomic E-state index is 12.2. The van der Waals surface area contributed by atoms with E-state index >= 15 is 0 Å². The monoisotopic (exact) mass is 398 g/mol. The quantitative estimate of drug-likeness (QED) is 0.495. The predicted molar refractivity (Wildman–Crippen MR) is 106 cm³/mol. The first kappa shape index (κ1) is 17.6. The molecule has 3 heterocycles. The number of hydrogen-bond acceptors (Lipinski definition) is 7. The molecule has 1 atom stereocenters. The molecule has 0 saturated carbocycles. The number of carbonyl (C=O) groups excluding carboxylic acids is 2. The summed E-state index contributed by atoms with van der Waals surface area (Å²) in [6.45, 7) is 1.94. The van der Waals surface area contributed by atoms with Gasteiger partial charge in [0.05, 0.1) is 10.4 Å². The number of nitrogens with one attached hydrogen (secondary N) is 1. The van der Waals surface area contributed by atoms with Crippen LogP contribution in [0.1, 0.15) is 21.7 Å². The number of amidine groups is 1. The van der Waals surface area contributed by atoms with E-state index in [0.29, 0.717) is 10.6 Å². The summed E-state index contributed by atoms with van der Waals surface area (Å²) in [6, 6.07) is 9.19. The van der Waals surface area contributed by atoms with Crippen molar-refractivity contribution in [3.8, 4) is 5.88 Å². The lowest BCUT2D eigenvalue weighted by Crippen LogP contribution is -2.15. The number of amides is 1. The van der Waals surface area contributed by atoms with E-state index in [1.54, 1.807) is 12.1 Å². The van der Waals surface area contributed by atoms with Gasteiger partial charge in [-0.25, -0.2) is 0 Å². The maximum absolute atomic E-state index is 12.2. The van der Waals surface area contributed by atoms with Crippen molar-refractivity contribution in [2.45, 2.75) is 18.6 Å². The van der Waals surface area contributed by atoms with Gasteiger partial charge in [-0.3, -0.25) is 9.59 Å². The summed E-state index contributed by atoms with van der Waals surface area (Å²) in [5, 5.41) is 20.3. The number of aryl methyl sites for hydroxylation is 1. The van der Waals surface area contributed by atoms with E-state index in [1.165, 1.54) is 11.3 Å². The Kier molecular flexibility index (Phi) is 4.63. The van der Waals surface area contributed by atoms with Crippen LogP contribution in [0.25, 0.3) is 10.9 Å². The first-order chi connectivity index (χ1) is 13.0. The molecule has 1 amide bonds. The Morgan fingerprint density at radius 2 is 2.19 bits per heavy atom. The number of H-pyrrole nitrogens is 1. The Morgan fingerprint density at radius 1 is 1.33 bits per heavy atom. The summed E-state index contributed by atoms with van der Waals surface area (Å²) in [7, 11) is 0. The zero-order chi connectivity index (χ0) is 19.0. The van der Waals surface area contributed by atoms with Crippen molar-refractivity contribution in [1.82, 2.24) is 4.98 Å². The number of hydrogen-bond donors (Lipinski definition) is 2. The molecule has 4 rings (SSSR count). The third kappa shape index (κ3) is 3.56. The standard InChI is InChI=1S/C18H14N4O3S2/c1-9-4-5-11-10(7-9)15(17(25)19-11)21-22-18-20-16(24)14(27-18)8-12(23)13-3-2-6-26-13/h2-7,14,19,25H,8H2,1H3. The van der Waals surface area contributed by atoms with Gasteiger partial charge in [-0.05, 0) is 30.5 Å². The van der Waals surface area contributed by atoms with Crippen molar-refractivity contribution in [1.29, 1.82) is 0 Å². The average Bonchev–Trinajstić information content (AvgIpc) is 3.33. The molecule has 27 heavy (non-hydrogen) atoms. The van der Waals surface area contributed by atoms with Crippen LogP contribution in [0.2, 0.25) is 0 Å². The minimum atomic E-state index is -0.590. The second-order valence-electron chi connectivity index (χ2n) is 6.01. The highest BCUT2D eigenvalue weighted by molar-refractivity contribution is 8.15. The van der Waals surface area contributed by atoms with Crippen molar-refractivity contribution in [3.05, 3.63) is 46.2 Å². The Balaban J connectivity index is 1.50. The second-order valence-corrected chi connectivity index (χ2v) is 8.13. The van der Waals surface area contributed by atoms with E-state index in [4.69, 9.17) is 0 Å². The summed E-state index contributed by atoms with van der Waals surface area (Å²) >= 11 is 2.46. The molecule has 1 aliphatic rings. The molecular formula is C18H14N4O3S2. The van der Waals surface area contributed by atoms with Gasteiger partial charge in [0.25, 0.3) is 5.91 Å². The molecule has 3 aromatic rings. The van der Waals surface area contributed by atoms with Crippen LogP contribution >= 0.6 is 23.1 Å². The largest absolute Gasteiger partial charge is 0.493 e.